The van der Waals surface area contributed by atoms with Gasteiger partial charge in [-0.15, -0.1) is 6.42 Å². The Morgan fingerprint density at radius 2 is 2.00 bits per heavy atom. The van der Waals surface area contributed by atoms with Crippen LogP contribution in [0.4, 0.5) is 0 Å². The zero-order valence-corrected chi connectivity index (χ0v) is 10.2. The van der Waals surface area contributed by atoms with Crippen LogP contribution < -0.4 is 5.32 Å². The van der Waals surface area contributed by atoms with Gasteiger partial charge in [0.15, 0.2) is 0 Å². The molecule has 0 aliphatic heterocycles. The predicted octanol–water partition coefficient (Wildman–Crippen LogP) is 2.58. The number of nitrogens with one attached hydrogen (secondary N) is 1. The van der Waals surface area contributed by atoms with Crippen molar-refractivity contribution in [2.45, 2.75) is 52.1 Å². The number of ether oxygens (including phenoxy) is 1. The average Bonchev–Trinajstić information content (AvgIpc) is 2.23. The summed E-state index contributed by atoms with van der Waals surface area (Å²) in [5.74, 6) is 2.55. The summed E-state index contributed by atoms with van der Waals surface area (Å²) in [5.41, 5.74) is 0. The van der Waals surface area contributed by atoms with Gasteiger partial charge in [0.25, 0.3) is 0 Å². The maximum atomic E-state index is 5.64. The van der Waals surface area contributed by atoms with Crippen molar-refractivity contribution in [2.24, 2.45) is 0 Å². The van der Waals surface area contributed by atoms with Crippen LogP contribution in [0.15, 0.2) is 0 Å². The third-order valence-electron chi connectivity index (χ3n) is 2.31. The molecule has 0 aliphatic rings. The lowest BCUT2D eigenvalue weighted by molar-refractivity contribution is 0.0638. The highest BCUT2D eigenvalue weighted by Gasteiger charge is 1.99. The van der Waals surface area contributed by atoms with Crippen LogP contribution in [0.3, 0.4) is 0 Å². The Morgan fingerprint density at radius 3 is 2.67 bits per heavy atom. The fraction of sp³-hybridized carbons (Fsp3) is 0.846. The fourth-order valence-corrected chi connectivity index (χ4v) is 1.40. The van der Waals surface area contributed by atoms with Gasteiger partial charge in [-0.2, -0.15) is 0 Å². The van der Waals surface area contributed by atoms with Gasteiger partial charge in [-0.3, -0.25) is 0 Å². The van der Waals surface area contributed by atoms with Crippen molar-refractivity contribution in [3.8, 4) is 12.3 Å². The molecule has 15 heavy (non-hydrogen) atoms. The molecule has 1 N–H and O–H groups in total. The number of hydrogen-bond acceptors (Lipinski definition) is 2. The van der Waals surface area contributed by atoms with E-state index in [-0.39, 0.29) is 6.10 Å². The van der Waals surface area contributed by atoms with Crippen molar-refractivity contribution in [3.63, 3.8) is 0 Å². The molecule has 0 fully saturated rings. The van der Waals surface area contributed by atoms with Gasteiger partial charge in [0.2, 0.25) is 0 Å². The lowest BCUT2D eigenvalue weighted by Gasteiger charge is -2.12. The van der Waals surface area contributed by atoms with Crippen LogP contribution in [0.1, 0.15) is 46.0 Å². The normalized spacial score (nSPS) is 12.3. The molecule has 0 amide bonds. The molecule has 0 radical (unpaired) electrons. The fourth-order valence-electron chi connectivity index (χ4n) is 1.40. The molecule has 0 aromatic carbocycles. The molecule has 0 saturated carbocycles. The predicted molar refractivity (Wildman–Crippen MR) is 65.9 cm³/mol. The summed E-state index contributed by atoms with van der Waals surface area (Å²) < 4.78 is 5.64. The largest absolute Gasteiger partial charge is 0.377 e. The molecule has 0 rings (SSSR count). The molecule has 2 heteroatoms. The second-order valence-electron chi connectivity index (χ2n) is 3.93. The van der Waals surface area contributed by atoms with E-state index < -0.39 is 0 Å². The molecule has 0 saturated heterocycles. The highest BCUT2D eigenvalue weighted by molar-refractivity contribution is 4.86. The Hall–Kier alpha value is -0.520. The third-order valence-corrected chi connectivity index (χ3v) is 2.31. The van der Waals surface area contributed by atoms with E-state index in [1.807, 2.05) is 0 Å². The monoisotopic (exact) mass is 211 g/mol. The van der Waals surface area contributed by atoms with Crippen LogP contribution in [0, 0.1) is 12.3 Å². The number of unbranched alkanes of at least 4 members (excludes halogenated alkanes) is 4. The van der Waals surface area contributed by atoms with Gasteiger partial charge < -0.3 is 10.1 Å². The van der Waals surface area contributed by atoms with E-state index in [1.165, 1.54) is 32.1 Å². The van der Waals surface area contributed by atoms with Crippen LogP contribution in [-0.4, -0.2) is 25.8 Å². The van der Waals surface area contributed by atoms with Crippen molar-refractivity contribution in [3.05, 3.63) is 0 Å². The summed E-state index contributed by atoms with van der Waals surface area (Å²) in [6.45, 7) is 6.66. The van der Waals surface area contributed by atoms with E-state index in [0.717, 1.165) is 13.2 Å². The molecule has 0 spiro atoms. The zero-order valence-electron chi connectivity index (χ0n) is 10.2. The molecule has 0 aromatic heterocycles. The summed E-state index contributed by atoms with van der Waals surface area (Å²) in [7, 11) is 0. The van der Waals surface area contributed by atoms with Crippen molar-refractivity contribution in [2.75, 3.05) is 19.7 Å². The van der Waals surface area contributed by atoms with Crippen LogP contribution in [-0.2, 0) is 4.74 Å². The van der Waals surface area contributed by atoms with E-state index >= 15 is 0 Å². The first kappa shape index (κ1) is 14.5. The maximum Gasteiger partial charge on any atom is 0.0671 e. The molecule has 0 heterocycles. The Bertz CT molecular complexity index is 162. The van der Waals surface area contributed by atoms with Gasteiger partial charge in [-0.05, 0) is 13.3 Å². The molecule has 88 valence electrons. The van der Waals surface area contributed by atoms with E-state index in [9.17, 15) is 0 Å². The topological polar surface area (TPSA) is 21.3 Å². The summed E-state index contributed by atoms with van der Waals surface area (Å²) >= 11 is 0. The van der Waals surface area contributed by atoms with Gasteiger partial charge in [0, 0.05) is 13.2 Å². The SMILES string of the molecule is C#CCNCC(C)OCCCCCCC. The van der Waals surface area contributed by atoms with Crippen LogP contribution in [0.2, 0.25) is 0 Å². The summed E-state index contributed by atoms with van der Waals surface area (Å²) in [5, 5.41) is 3.13. The molecular weight excluding hydrogens is 186 g/mol. The Kier molecular flexibility index (Phi) is 11.2. The molecule has 1 unspecified atom stereocenters. The lowest BCUT2D eigenvalue weighted by atomic mass is 10.2. The quantitative estimate of drug-likeness (QED) is 0.443. The first-order chi connectivity index (χ1) is 7.31. The van der Waals surface area contributed by atoms with Crippen molar-refractivity contribution in [1.29, 1.82) is 0 Å². The molecule has 0 aliphatic carbocycles. The Labute approximate surface area is 94.8 Å². The maximum absolute atomic E-state index is 5.64. The molecular formula is C13H25NO. The van der Waals surface area contributed by atoms with E-state index in [1.54, 1.807) is 0 Å². The standard InChI is InChI=1S/C13H25NO/c1-4-6-7-8-9-11-15-13(3)12-14-10-5-2/h2,13-14H,4,6-12H2,1,3H3. The minimum absolute atomic E-state index is 0.268. The Morgan fingerprint density at radius 1 is 1.27 bits per heavy atom. The third kappa shape index (κ3) is 11.4. The second kappa shape index (κ2) is 11.6. The van der Waals surface area contributed by atoms with E-state index in [0.29, 0.717) is 6.54 Å². The zero-order chi connectivity index (χ0) is 11.4. The Balaban J connectivity index is 3.10. The van der Waals surface area contributed by atoms with Crippen molar-refractivity contribution in [1.82, 2.24) is 5.32 Å². The van der Waals surface area contributed by atoms with Crippen LogP contribution >= 0.6 is 0 Å². The minimum Gasteiger partial charge on any atom is -0.377 e. The minimum atomic E-state index is 0.268. The average molecular weight is 211 g/mol. The molecule has 0 aromatic rings. The van der Waals surface area contributed by atoms with Crippen molar-refractivity contribution >= 4 is 0 Å². The highest BCUT2D eigenvalue weighted by Crippen LogP contribution is 2.03. The van der Waals surface area contributed by atoms with E-state index in [2.05, 4.69) is 25.1 Å². The lowest BCUT2D eigenvalue weighted by Crippen LogP contribution is -2.27. The van der Waals surface area contributed by atoms with Crippen molar-refractivity contribution < 1.29 is 4.74 Å². The number of terminal acetylenes is 1. The van der Waals surface area contributed by atoms with Gasteiger partial charge in [-0.25, -0.2) is 0 Å². The molecule has 1 atom stereocenters. The van der Waals surface area contributed by atoms with Gasteiger partial charge in [0.1, 0.15) is 0 Å². The smallest absolute Gasteiger partial charge is 0.0671 e. The second-order valence-corrected chi connectivity index (χ2v) is 3.93. The van der Waals surface area contributed by atoms with Crippen LogP contribution in [0.5, 0.6) is 0 Å². The first-order valence-corrected chi connectivity index (χ1v) is 6.07. The molecule has 0 bridgehead atoms. The first-order valence-electron chi connectivity index (χ1n) is 6.07. The van der Waals surface area contributed by atoms with E-state index in [4.69, 9.17) is 11.2 Å². The summed E-state index contributed by atoms with van der Waals surface area (Å²) in [4.78, 5) is 0. The van der Waals surface area contributed by atoms with Gasteiger partial charge in [-0.1, -0.05) is 38.5 Å². The van der Waals surface area contributed by atoms with Gasteiger partial charge in [0.05, 0.1) is 12.6 Å². The van der Waals surface area contributed by atoms with Crippen LogP contribution in [0.25, 0.3) is 0 Å². The number of rotatable bonds is 10. The highest BCUT2D eigenvalue weighted by atomic mass is 16.5. The number of hydrogen-bond donors (Lipinski definition) is 1. The molecule has 2 nitrogen and oxygen atoms in total. The van der Waals surface area contributed by atoms with Gasteiger partial charge >= 0.3 is 0 Å². The summed E-state index contributed by atoms with van der Waals surface area (Å²) in [6.07, 6.45) is 11.8. The summed E-state index contributed by atoms with van der Waals surface area (Å²) in [6, 6.07) is 0.